The van der Waals surface area contributed by atoms with Crippen LogP contribution in [0, 0.1) is 20.8 Å². The minimum absolute atomic E-state index is 0.0775. The molecule has 1 aromatic carbocycles. The second kappa shape index (κ2) is 7.84. The number of hydrogen-bond donors (Lipinski definition) is 0. The molecule has 0 fully saturated rings. The van der Waals surface area contributed by atoms with Gasteiger partial charge in [0.2, 0.25) is 5.78 Å². The highest BCUT2D eigenvalue weighted by Crippen LogP contribution is 2.22. The molecule has 3 rings (SSSR count). The predicted octanol–water partition coefficient (Wildman–Crippen LogP) is 3.99. The molecule has 0 aliphatic heterocycles. The standard InChI is InChI=1S/C20H18BrN3O3/c1-12-9-23-18(10-22-12)20(26)27-11-19(25)17-8-13(2)24(14(17)3)16-6-4-15(21)5-7-16/h4-10H,11H2,1-3H3. The smallest absolute Gasteiger partial charge is 0.358 e. The minimum atomic E-state index is -0.669. The van der Waals surface area contributed by atoms with E-state index in [-0.39, 0.29) is 18.1 Å². The fraction of sp³-hybridized carbons (Fsp3) is 0.200. The van der Waals surface area contributed by atoms with Crippen LogP contribution < -0.4 is 0 Å². The summed E-state index contributed by atoms with van der Waals surface area (Å²) in [6.07, 6.45) is 2.81. The van der Waals surface area contributed by atoms with Crippen molar-refractivity contribution in [3.8, 4) is 5.69 Å². The monoisotopic (exact) mass is 427 g/mol. The Bertz CT molecular complexity index is 993. The Labute approximate surface area is 165 Å². The van der Waals surface area contributed by atoms with E-state index in [1.54, 1.807) is 13.0 Å². The number of hydrogen-bond acceptors (Lipinski definition) is 5. The Balaban J connectivity index is 1.75. The number of esters is 1. The molecule has 0 spiro atoms. The summed E-state index contributed by atoms with van der Waals surface area (Å²) < 4.78 is 8.08. The molecule has 2 aromatic heterocycles. The Morgan fingerprint density at radius 2 is 1.78 bits per heavy atom. The molecule has 0 saturated heterocycles. The zero-order valence-electron chi connectivity index (χ0n) is 15.2. The second-order valence-electron chi connectivity index (χ2n) is 6.14. The third-order valence-electron chi connectivity index (χ3n) is 4.14. The van der Waals surface area contributed by atoms with E-state index >= 15 is 0 Å². The molecule has 0 N–H and O–H groups in total. The first-order valence-corrected chi connectivity index (χ1v) is 9.10. The highest BCUT2D eigenvalue weighted by atomic mass is 79.9. The number of halogens is 1. The SMILES string of the molecule is Cc1cnc(C(=O)OCC(=O)c2cc(C)n(-c3ccc(Br)cc3)c2C)cn1. The molecular weight excluding hydrogens is 410 g/mol. The maximum atomic E-state index is 12.6. The zero-order valence-corrected chi connectivity index (χ0v) is 16.8. The van der Waals surface area contributed by atoms with Gasteiger partial charge in [0.15, 0.2) is 12.3 Å². The zero-order chi connectivity index (χ0) is 19.6. The lowest BCUT2D eigenvalue weighted by atomic mass is 10.1. The molecule has 7 heteroatoms. The summed E-state index contributed by atoms with van der Waals surface area (Å²) in [6.45, 7) is 5.22. The number of ether oxygens (including phenoxy) is 1. The van der Waals surface area contributed by atoms with Crippen LogP contribution in [0.1, 0.15) is 37.9 Å². The molecule has 0 atom stereocenters. The summed E-state index contributed by atoms with van der Waals surface area (Å²) in [7, 11) is 0. The highest BCUT2D eigenvalue weighted by Gasteiger charge is 2.19. The molecule has 0 amide bonds. The Kier molecular flexibility index (Phi) is 5.51. The van der Waals surface area contributed by atoms with Gasteiger partial charge in [-0.2, -0.15) is 0 Å². The van der Waals surface area contributed by atoms with E-state index in [0.717, 1.165) is 21.5 Å². The molecule has 0 radical (unpaired) electrons. The van der Waals surface area contributed by atoms with Crippen LogP contribution in [0.2, 0.25) is 0 Å². The number of ketones is 1. The van der Waals surface area contributed by atoms with Crippen molar-refractivity contribution in [2.75, 3.05) is 6.61 Å². The number of nitrogens with zero attached hydrogens (tertiary/aromatic N) is 3. The van der Waals surface area contributed by atoms with E-state index in [9.17, 15) is 9.59 Å². The van der Waals surface area contributed by atoms with Crippen LogP contribution in [-0.4, -0.2) is 32.9 Å². The first kappa shape index (κ1) is 19.0. The molecular formula is C20H18BrN3O3. The first-order valence-electron chi connectivity index (χ1n) is 8.30. The van der Waals surface area contributed by atoms with Gasteiger partial charge < -0.3 is 9.30 Å². The van der Waals surface area contributed by atoms with Crippen molar-refractivity contribution < 1.29 is 14.3 Å². The van der Waals surface area contributed by atoms with Crippen molar-refractivity contribution in [3.05, 3.63) is 75.5 Å². The summed E-state index contributed by atoms with van der Waals surface area (Å²) in [4.78, 5) is 32.5. The fourth-order valence-corrected chi connectivity index (χ4v) is 3.08. The molecule has 138 valence electrons. The number of aryl methyl sites for hydroxylation is 2. The van der Waals surface area contributed by atoms with Crippen molar-refractivity contribution in [3.63, 3.8) is 0 Å². The third-order valence-corrected chi connectivity index (χ3v) is 4.67. The molecule has 0 bridgehead atoms. The number of Topliss-reactive ketones (excluding diaryl/α,β-unsaturated/α-hetero) is 1. The minimum Gasteiger partial charge on any atom is -0.453 e. The predicted molar refractivity (Wildman–Crippen MR) is 104 cm³/mol. The van der Waals surface area contributed by atoms with Crippen LogP contribution in [0.15, 0.2) is 47.2 Å². The maximum Gasteiger partial charge on any atom is 0.358 e. The number of benzene rings is 1. The quantitative estimate of drug-likeness (QED) is 0.454. The van der Waals surface area contributed by atoms with Crippen molar-refractivity contribution in [1.82, 2.24) is 14.5 Å². The van der Waals surface area contributed by atoms with Crippen LogP contribution in [0.5, 0.6) is 0 Å². The maximum absolute atomic E-state index is 12.6. The number of rotatable bonds is 5. The van der Waals surface area contributed by atoms with Crippen LogP contribution >= 0.6 is 15.9 Å². The normalized spacial score (nSPS) is 10.7. The molecule has 0 aliphatic carbocycles. The van der Waals surface area contributed by atoms with Crippen molar-refractivity contribution in [1.29, 1.82) is 0 Å². The van der Waals surface area contributed by atoms with Gasteiger partial charge in [0.05, 0.1) is 11.9 Å². The lowest BCUT2D eigenvalue weighted by Gasteiger charge is -2.10. The highest BCUT2D eigenvalue weighted by molar-refractivity contribution is 9.10. The Morgan fingerprint density at radius 3 is 2.41 bits per heavy atom. The average molecular weight is 428 g/mol. The van der Waals surface area contributed by atoms with Crippen molar-refractivity contribution >= 4 is 27.7 Å². The summed E-state index contributed by atoms with van der Waals surface area (Å²) in [6, 6.07) is 9.63. The summed E-state index contributed by atoms with van der Waals surface area (Å²) in [5.74, 6) is -0.933. The van der Waals surface area contributed by atoms with Crippen LogP contribution in [0.3, 0.4) is 0 Å². The van der Waals surface area contributed by atoms with Gasteiger partial charge in [-0.25, -0.2) is 9.78 Å². The molecule has 27 heavy (non-hydrogen) atoms. The summed E-state index contributed by atoms with van der Waals surface area (Å²) in [5.41, 5.74) is 3.98. The van der Waals surface area contributed by atoms with Gasteiger partial charge >= 0.3 is 5.97 Å². The molecule has 2 heterocycles. The molecule has 3 aromatic rings. The largest absolute Gasteiger partial charge is 0.453 e. The average Bonchev–Trinajstić information content (AvgIpc) is 2.95. The second-order valence-corrected chi connectivity index (χ2v) is 7.05. The van der Waals surface area contributed by atoms with Gasteiger partial charge in [0.25, 0.3) is 0 Å². The Hall–Kier alpha value is -2.80. The van der Waals surface area contributed by atoms with Gasteiger partial charge in [0, 0.05) is 33.3 Å². The van der Waals surface area contributed by atoms with Gasteiger partial charge in [-0.1, -0.05) is 15.9 Å². The third kappa shape index (κ3) is 4.14. The van der Waals surface area contributed by atoms with E-state index in [0.29, 0.717) is 11.3 Å². The molecule has 6 nitrogen and oxygen atoms in total. The molecule has 0 aliphatic rings. The van der Waals surface area contributed by atoms with E-state index in [1.165, 1.54) is 12.4 Å². The van der Waals surface area contributed by atoms with Crippen LogP contribution in [0.4, 0.5) is 0 Å². The van der Waals surface area contributed by atoms with Crippen molar-refractivity contribution in [2.45, 2.75) is 20.8 Å². The van der Waals surface area contributed by atoms with Crippen LogP contribution in [-0.2, 0) is 4.74 Å². The van der Waals surface area contributed by atoms with Gasteiger partial charge in [0.1, 0.15) is 0 Å². The van der Waals surface area contributed by atoms with E-state index in [4.69, 9.17) is 4.74 Å². The summed E-state index contributed by atoms with van der Waals surface area (Å²) >= 11 is 3.42. The van der Waals surface area contributed by atoms with Gasteiger partial charge in [-0.3, -0.25) is 9.78 Å². The lowest BCUT2D eigenvalue weighted by molar-refractivity contribution is 0.0468. The number of carbonyl (C=O) groups excluding carboxylic acids is 2. The fourth-order valence-electron chi connectivity index (χ4n) is 2.81. The number of aromatic nitrogens is 3. The van der Waals surface area contributed by atoms with Gasteiger partial charge in [-0.05, 0) is 51.1 Å². The molecule has 0 saturated carbocycles. The topological polar surface area (TPSA) is 74.1 Å². The number of carbonyl (C=O) groups is 2. The molecule has 0 unspecified atom stereocenters. The van der Waals surface area contributed by atoms with E-state index in [2.05, 4.69) is 25.9 Å². The van der Waals surface area contributed by atoms with Crippen LogP contribution in [0.25, 0.3) is 5.69 Å². The first-order chi connectivity index (χ1) is 12.9. The van der Waals surface area contributed by atoms with Gasteiger partial charge in [-0.15, -0.1) is 0 Å². The van der Waals surface area contributed by atoms with E-state index < -0.39 is 5.97 Å². The Morgan fingerprint density at radius 1 is 1.07 bits per heavy atom. The van der Waals surface area contributed by atoms with E-state index in [1.807, 2.05) is 42.7 Å². The lowest BCUT2D eigenvalue weighted by Crippen LogP contribution is -2.16. The summed E-state index contributed by atoms with van der Waals surface area (Å²) in [5, 5.41) is 0. The van der Waals surface area contributed by atoms with Crippen molar-refractivity contribution in [2.24, 2.45) is 0 Å².